The number of hydrogen-bond donors (Lipinski definition) is 1. The van der Waals surface area contributed by atoms with Crippen LogP contribution in [-0.2, 0) is 17.8 Å². The molecule has 45 heavy (non-hydrogen) atoms. The maximum Gasteiger partial charge on any atom is 0.335 e. The number of aryl methyl sites for hydroxylation is 1. The minimum absolute atomic E-state index is 0.0688. The average molecular weight is 654 g/mol. The molecule has 8 nitrogen and oxygen atoms in total. The van der Waals surface area contributed by atoms with Crippen LogP contribution in [0.15, 0.2) is 54.7 Å². The quantitative estimate of drug-likeness (QED) is 0.182. The lowest BCUT2D eigenvalue weighted by atomic mass is 9.87. The van der Waals surface area contributed by atoms with Crippen molar-refractivity contribution in [2.75, 3.05) is 13.2 Å². The number of imidazole rings is 1. The molecule has 0 spiro atoms. The highest BCUT2D eigenvalue weighted by atomic mass is 35.5. The van der Waals surface area contributed by atoms with Crippen molar-refractivity contribution >= 4 is 40.2 Å². The number of halogens is 4. The molecule has 232 valence electrons. The van der Waals surface area contributed by atoms with Gasteiger partial charge in [0, 0.05) is 39.2 Å². The minimum atomic E-state index is -1.23. The molecule has 0 radical (unpaired) electrons. The number of ether oxygens (including phenoxy) is 2. The maximum absolute atomic E-state index is 15.2. The summed E-state index contributed by atoms with van der Waals surface area (Å²) in [6.07, 6.45) is 1.80. The number of fused-ring (bicyclic) bond motifs is 1. The van der Waals surface area contributed by atoms with Crippen LogP contribution in [0.4, 0.5) is 8.78 Å². The molecule has 1 aliphatic heterocycles. The fourth-order valence-corrected chi connectivity index (χ4v) is 6.03. The zero-order valence-corrected chi connectivity index (χ0v) is 26.1. The van der Waals surface area contributed by atoms with Crippen LogP contribution >= 0.6 is 23.2 Å². The monoisotopic (exact) mass is 652 g/mol. The maximum atomic E-state index is 15.2. The van der Waals surface area contributed by atoms with Gasteiger partial charge in [-0.15, -0.1) is 0 Å². The Labute approximate surface area is 267 Å². The number of carbonyl (C=O) groups is 1. The Balaban J connectivity index is 1.33. The highest BCUT2D eigenvalue weighted by Crippen LogP contribution is 2.41. The summed E-state index contributed by atoms with van der Waals surface area (Å²) < 4.78 is 42.7. The number of carboxylic acid groups (broad SMARTS) is 1. The molecule has 12 heteroatoms. The minimum Gasteiger partial charge on any atom is -0.478 e. The molecule has 1 fully saturated rings. The number of aromatic nitrogens is 4. The van der Waals surface area contributed by atoms with Crippen molar-refractivity contribution in [1.29, 1.82) is 0 Å². The number of aromatic carboxylic acids is 1. The van der Waals surface area contributed by atoms with Crippen molar-refractivity contribution in [2.24, 2.45) is 5.41 Å². The first-order valence-corrected chi connectivity index (χ1v) is 14.9. The highest BCUT2D eigenvalue weighted by molar-refractivity contribution is 6.31. The Morgan fingerprint density at radius 3 is 2.60 bits per heavy atom. The van der Waals surface area contributed by atoms with Crippen LogP contribution in [-0.4, -0.2) is 43.8 Å². The van der Waals surface area contributed by atoms with Gasteiger partial charge in [-0.25, -0.2) is 23.5 Å². The number of rotatable bonds is 8. The van der Waals surface area contributed by atoms with Crippen LogP contribution in [0.3, 0.4) is 0 Å². The van der Waals surface area contributed by atoms with E-state index in [1.807, 2.05) is 17.6 Å². The fourth-order valence-electron chi connectivity index (χ4n) is 5.64. The number of hydrogen-bond acceptors (Lipinski definition) is 6. The molecular formula is C33H28Cl2F2N4O4. The van der Waals surface area contributed by atoms with E-state index in [1.165, 1.54) is 12.1 Å². The third-order valence-corrected chi connectivity index (χ3v) is 8.64. The van der Waals surface area contributed by atoms with Crippen LogP contribution in [0, 0.1) is 24.0 Å². The Kier molecular flexibility index (Phi) is 8.24. The normalized spacial score (nSPS) is 15.9. The summed E-state index contributed by atoms with van der Waals surface area (Å²) >= 11 is 12.7. The molecular weight excluding hydrogens is 625 g/mol. The molecule has 1 aliphatic rings. The average Bonchev–Trinajstić information content (AvgIpc) is 3.52. The predicted molar refractivity (Wildman–Crippen MR) is 166 cm³/mol. The van der Waals surface area contributed by atoms with E-state index in [4.69, 9.17) is 32.7 Å². The largest absolute Gasteiger partial charge is 0.478 e. The van der Waals surface area contributed by atoms with Gasteiger partial charge in [-0.1, -0.05) is 49.2 Å². The van der Waals surface area contributed by atoms with E-state index in [0.29, 0.717) is 45.9 Å². The van der Waals surface area contributed by atoms with Crippen LogP contribution in [0.5, 0.6) is 6.01 Å². The molecule has 5 aromatic rings. The van der Waals surface area contributed by atoms with Gasteiger partial charge in [-0.05, 0) is 54.4 Å². The summed E-state index contributed by atoms with van der Waals surface area (Å²) in [6.45, 7) is 6.80. The lowest BCUT2D eigenvalue weighted by Gasteiger charge is -2.28. The first-order chi connectivity index (χ1) is 21.4. The second kappa shape index (κ2) is 12.0. The van der Waals surface area contributed by atoms with E-state index < -0.39 is 17.6 Å². The summed E-state index contributed by atoms with van der Waals surface area (Å²) in [7, 11) is 0. The molecule has 1 saturated heterocycles. The van der Waals surface area contributed by atoms with Gasteiger partial charge in [0.2, 0.25) is 0 Å². The van der Waals surface area contributed by atoms with Gasteiger partial charge in [0.15, 0.2) is 5.82 Å². The van der Waals surface area contributed by atoms with Crippen LogP contribution in [0.25, 0.3) is 22.3 Å². The SMILES string of the molecule is Cc1cc(Cc2nc3c(F)cc(C(=O)O)cc3n2[C@@H]2COCC2(C)C)c(Cl)cc1-c1ccnc(OCc2ccc(Cl)cc2F)n1. The molecule has 0 saturated carbocycles. The topological polar surface area (TPSA) is 99.4 Å². The second-order valence-corrected chi connectivity index (χ2v) is 12.6. The lowest BCUT2D eigenvalue weighted by Crippen LogP contribution is -2.27. The Morgan fingerprint density at radius 1 is 1.09 bits per heavy atom. The van der Waals surface area contributed by atoms with Gasteiger partial charge in [-0.2, -0.15) is 4.98 Å². The third-order valence-electron chi connectivity index (χ3n) is 8.06. The lowest BCUT2D eigenvalue weighted by molar-refractivity contribution is 0.0696. The first kappa shape index (κ1) is 30.9. The summed E-state index contributed by atoms with van der Waals surface area (Å²) in [4.78, 5) is 25.1. The summed E-state index contributed by atoms with van der Waals surface area (Å²) in [6, 6.07) is 12.1. The van der Waals surface area contributed by atoms with Crippen LogP contribution < -0.4 is 4.74 Å². The van der Waals surface area contributed by atoms with Gasteiger partial charge in [-0.3, -0.25) is 0 Å². The van der Waals surface area contributed by atoms with Crippen molar-refractivity contribution in [3.8, 4) is 17.3 Å². The molecule has 0 unspecified atom stereocenters. The van der Waals surface area contributed by atoms with Gasteiger partial charge in [0.25, 0.3) is 0 Å². The van der Waals surface area contributed by atoms with Gasteiger partial charge in [0.1, 0.15) is 23.8 Å². The van der Waals surface area contributed by atoms with Crippen molar-refractivity contribution in [3.05, 3.63) is 104 Å². The van der Waals surface area contributed by atoms with Crippen molar-refractivity contribution in [2.45, 2.75) is 39.8 Å². The Hall–Kier alpha value is -4.12. The molecule has 3 aromatic carbocycles. The summed E-state index contributed by atoms with van der Waals surface area (Å²) in [5.74, 6) is -1.88. The zero-order valence-electron chi connectivity index (χ0n) is 24.6. The second-order valence-electron chi connectivity index (χ2n) is 11.7. The summed E-state index contributed by atoms with van der Waals surface area (Å²) in [5, 5.41) is 10.3. The van der Waals surface area contributed by atoms with Crippen molar-refractivity contribution < 1.29 is 28.2 Å². The molecule has 2 aromatic heterocycles. The number of carboxylic acids is 1. The van der Waals surface area contributed by atoms with E-state index >= 15 is 4.39 Å². The van der Waals surface area contributed by atoms with Gasteiger partial charge < -0.3 is 19.1 Å². The summed E-state index contributed by atoms with van der Waals surface area (Å²) in [5.41, 5.74) is 3.23. The van der Waals surface area contributed by atoms with Crippen LogP contribution in [0.1, 0.15) is 52.8 Å². The van der Waals surface area contributed by atoms with Gasteiger partial charge >= 0.3 is 12.0 Å². The Morgan fingerprint density at radius 2 is 1.89 bits per heavy atom. The zero-order chi connectivity index (χ0) is 32.0. The Bertz CT molecular complexity index is 1960. The van der Waals surface area contributed by atoms with Crippen LogP contribution in [0.2, 0.25) is 10.0 Å². The van der Waals surface area contributed by atoms with E-state index in [0.717, 1.165) is 22.8 Å². The standard InChI is InChI=1S/C33H28Cl2F2N4O4/c1-17-8-19(23(35)13-22(17)26-6-7-38-32(39-26)45-14-18-4-5-21(34)12-24(18)36)11-29-40-30-25(37)9-20(31(42)43)10-27(30)41(29)28-15-44-16-33(28,2)3/h4-10,12-13,28H,11,14-16H2,1-3H3,(H,42,43)/t28-/m1/s1. The molecule has 0 aliphatic carbocycles. The van der Waals surface area contributed by atoms with Crippen molar-refractivity contribution in [3.63, 3.8) is 0 Å². The van der Waals surface area contributed by atoms with Gasteiger partial charge in [0.05, 0.1) is 36.0 Å². The third kappa shape index (κ3) is 6.10. The van der Waals surface area contributed by atoms with E-state index in [1.54, 1.807) is 30.5 Å². The number of nitrogens with zero attached hydrogens (tertiary/aromatic N) is 4. The molecule has 1 N–H and O–H groups in total. The predicted octanol–water partition coefficient (Wildman–Crippen LogP) is 7.85. The fraction of sp³-hybridized carbons (Fsp3) is 0.273. The molecule has 3 heterocycles. The van der Waals surface area contributed by atoms with E-state index in [-0.39, 0.29) is 41.6 Å². The highest BCUT2D eigenvalue weighted by Gasteiger charge is 2.39. The van der Waals surface area contributed by atoms with Crippen molar-refractivity contribution in [1.82, 2.24) is 19.5 Å². The smallest absolute Gasteiger partial charge is 0.335 e. The van der Waals surface area contributed by atoms with E-state index in [2.05, 4.69) is 28.8 Å². The molecule has 0 amide bonds. The molecule has 1 atom stereocenters. The molecule has 0 bridgehead atoms. The molecule has 6 rings (SSSR count). The first-order valence-electron chi connectivity index (χ1n) is 14.1. The number of benzene rings is 3. The van der Waals surface area contributed by atoms with E-state index in [9.17, 15) is 14.3 Å².